The number of carbonyl (C=O) groups is 2. The normalized spacial score (nSPS) is 12.2. The first-order chi connectivity index (χ1) is 43.6. The quantitative estimate of drug-likeness (QED) is 0.0218. The van der Waals surface area contributed by atoms with E-state index in [0.29, 0.717) is 102 Å². The van der Waals surface area contributed by atoms with Crippen molar-refractivity contribution in [3.8, 4) is 45.3 Å². The number of alkyl halides is 4. The van der Waals surface area contributed by atoms with Crippen LogP contribution < -0.4 is 29.6 Å². The molecule has 2 atom stereocenters. The second kappa shape index (κ2) is 34.3. The first-order valence-electron chi connectivity index (χ1n) is 29.4. The highest BCUT2D eigenvalue weighted by Gasteiger charge is 2.17. The summed E-state index contributed by atoms with van der Waals surface area (Å²) in [7, 11) is -2.75. The van der Waals surface area contributed by atoms with E-state index in [1.807, 2.05) is 73.2 Å². The van der Waals surface area contributed by atoms with E-state index < -0.39 is 46.6 Å². The summed E-state index contributed by atoms with van der Waals surface area (Å²) in [5.41, 5.74) is 7.83. The van der Waals surface area contributed by atoms with Crippen molar-refractivity contribution >= 4 is 56.9 Å². The summed E-state index contributed by atoms with van der Waals surface area (Å²) in [6.07, 6.45) is 12.2. The van der Waals surface area contributed by atoms with Crippen LogP contribution in [0, 0.1) is 13.8 Å². The minimum atomic E-state index is -3.08. The van der Waals surface area contributed by atoms with Crippen LogP contribution in [0.25, 0.3) is 34.4 Å². The molecule has 0 aliphatic heterocycles. The van der Waals surface area contributed by atoms with Crippen molar-refractivity contribution in [2.45, 2.75) is 101 Å². The molecular formula is C68H72F4N6O10S2. The van der Waals surface area contributed by atoms with Crippen LogP contribution in [-0.4, -0.2) is 92.2 Å². The molecule has 0 saturated carbocycles. The van der Waals surface area contributed by atoms with E-state index in [9.17, 15) is 35.6 Å². The van der Waals surface area contributed by atoms with Crippen molar-refractivity contribution in [1.82, 2.24) is 19.1 Å². The van der Waals surface area contributed by atoms with E-state index in [-0.39, 0.29) is 28.4 Å². The summed E-state index contributed by atoms with van der Waals surface area (Å²) >= 11 is 0. The maximum absolute atomic E-state index is 13.6. The molecule has 2 aromatic heterocycles. The van der Waals surface area contributed by atoms with Crippen LogP contribution in [0.5, 0.6) is 23.0 Å². The molecule has 6 aromatic carbocycles. The second-order valence-corrected chi connectivity index (χ2v) is 23.4. The van der Waals surface area contributed by atoms with Crippen LogP contribution >= 0.6 is 0 Å². The fourth-order valence-electron chi connectivity index (χ4n) is 9.41. The lowest BCUT2D eigenvalue weighted by molar-refractivity contribution is -0.112. The molecule has 2 N–H and O–H groups in total. The van der Waals surface area contributed by atoms with Gasteiger partial charge in [-0.3, -0.25) is 18.0 Å². The van der Waals surface area contributed by atoms with Crippen LogP contribution in [-0.2, 0) is 65.3 Å². The van der Waals surface area contributed by atoms with Crippen LogP contribution in [0.15, 0.2) is 168 Å². The Morgan fingerprint density at radius 3 is 1.40 bits per heavy atom. The number of nitrogens with zero attached hydrogens (tertiary/aromatic N) is 4. The number of halogens is 4. The smallest absolute Gasteiger partial charge is 0.387 e. The molecule has 0 unspecified atom stereocenters. The Morgan fingerprint density at radius 1 is 0.522 bits per heavy atom. The van der Waals surface area contributed by atoms with E-state index in [1.165, 1.54) is 36.4 Å². The van der Waals surface area contributed by atoms with Crippen molar-refractivity contribution in [3.05, 3.63) is 192 Å². The Balaban J connectivity index is 0.733. The average molecular weight is 1270 g/mol. The number of hydrogen-bond acceptors (Lipinski definition) is 12. The average Bonchev–Trinajstić information content (AvgIpc) is 3.81. The molecule has 8 aromatic rings. The van der Waals surface area contributed by atoms with Gasteiger partial charge in [0.1, 0.15) is 36.2 Å². The monoisotopic (exact) mass is 1270 g/mol. The van der Waals surface area contributed by atoms with Gasteiger partial charge in [0, 0.05) is 70.7 Å². The molecule has 22 heteroatoms. The fraction of sp³-hybridized carbons (Fsp3) is 0.294. The van der Waals surface area contributed by atoms with Gasteiger partial charge in [-0.05, 0) is 178 Å². The lowest BCUT2D eigenvalue weighted by Gasteiger charge is -2.12. The zero-order valence-electron chi connectivity index (χ0n) is 50.4. The van der Waals surface area contributed by atoms with Crippen LogP contribution in [0.3, 0.4) is 0 Å². The molecule has 474 valence electrons. The molecule has 90 heavy (non-hydrogen) atoms. The fourth-order valence-corrected chi connectivity index (χ4v) is 11.9. The predicted molar refractivity (Wildman–Crippen MR) is 342 cm³/mol. The lowest BCUT2D eigenvalue weighted by atomic mass is 10.0. The molecule has 0 radical (unpaired) electrons. The number of aryl methyl sites for hydroxylation is 4. The SMILES string of the molecule is CCCOCCOc1ccc(-c2ccc(OC(F)F)c(/C=C/C(=O)Nc3ccc([S@@](=O)Cc4c(C)ncn4CCCCCOCCOc4ccc(-c5ccc(OC(F)F)c(/C=C/C(=O)Nc6ccc([S@](=O)Cc7c(C)ncn7CC)cc6)c5)cc4)cc3)c2)cc1. The number of unbranched alkanes of at least 4 members (excludes halogenated alkanes) is 2. The van der Waals surface area contributed by atoms with Crippen LogP contribution in [0.1, 0.15) is 73.4 Å². The van der Waals surface area contributed by atoms with Gasteiger partial charge in [-0.1, -0.05) is 43.3 Å². The zero-order valence-corrected chi connectivity index (χ0v) is 52.1. The molecule has 2 heterocycles. The molecular weight excluding hydrogens is 1200 g/mol. The molecule has 16 nitrogen and oxygen atoms in total. The maximum Gasteiger partial charge on any atom is 0.387 e. The maximum atomic E-state index is 13.6. The van der Waals surface area contributed by atoms with E-state index in [4.69, 9.17) is 28.4 Å². The molecule has 0 saturated heterocycles. The summed E-state index contributed by atoms with van der Waals surface area (Å²) in [6, 6.07) is 37.5. The molecule has 0 spiro atoms. The number of hydrogen-bond donors (Lipinski definition) is 2. The summed E-state index contributed by atoms with van der Waals surface area (Å²) in [5, 5.41) is 5.52. The van der Waals surface area contributed by atoms with Gasteiger partial charge in [-0.15, -0.1) is 0 Å². The third-order valence-electron chi connectivity index (χ3n) is 14.1. The Labute approximate surface area is 526 Å². The van der Waals surface area contributed by atoms with Gasteiger partial charge >= 0.3 is 13.2 Å². The number of carbonyl (C=O) groups excluding carboxylic acids is 2. The van der Waals surface area contributed by atoms with E-state index >= 15 is 0 Å². The number of benzene rings is 6. The van der Waals surface area contributed by atoms with Gasteiger partial charge < -0.3 is 48.2 Å². The van der Waals surface area contributed by atoms with Crippen molar-refractivity contribution in [2.24, 2.45) is 0 Å². The predicted octanol–water partition coefficient (Wildman–Crippen LogP) is 14.2. The lowest BCUT2D eigenvalue weighted by Crippen LogP contribution is -2.09. The molecule has 0 bridgehead atoms. The highest BCUT2D eigenvalue weighted by molar-refractivity contribution is 7.84. The zero-order chi connectivity index (χ0) is 63.8. The van der Waals surface area contributed by atoms with E-state index in [0.717, 1.165) is 59.6 Å². The van der Waals surface area contributed by atoms with Gasteiger partial charge in [0.25, 0.3) is 0 Å². The number of aromatic nitrogens is 4. The minimum Gasteiger partial charge on any atom is -0.491 e. The summed E-state index contributed by atoms with van der Waals surface area (Å²) in [6.45, 7) is 5.84. The van der Waals surface area contributed by atoms with Crippen molar-refractivity contribution in [3.63, 3.8) is 0 Å². The van der Waals surface area contributed by atoms with Gasteiger partial charge in [0.15, 0.2) is 0 Å². The van der Waals surface area contributed by atoms with E-state index in [1.54, 1.807) is 97.6 Å². The highest BCUT2D eigenvalue weighted by atomic mass is 32.2. The topological polar surface area (TPSA) is 183 Å². The Bertz CT molecular complexity index is 3730. The largest absolute Gasteiger partial charge is 0.491 e. The summed E-state index contributed by atoms with van der Waals surface area (Å²) < 4.78 is 117. The van der Waals surface area contributed by atoms with Crippen LogP contribution in [0.2, 0.25) is 0 Å². The number of nitrogens with one attached hydrogen (secondary N) is 2. The molecule has 0 aliphatic rings. The van der Waals surface area contributed by atoms with Crippen molar-refractivity contribution < 1.29 is 64.0 Å². The van der Waals surface area contributed by atoms with Gasteiger partial charge in [0.2, 0.25) is 11.8 Å². The van der Waals surface area contributed by atoms with Crippen molar-refractivity contribution in [1.29, 1.82) is 0 Å². The number of anilines is 2. The molecule has 8 rings (SSSR count). The van der Waals surface area contributed by atoms with Gasteiger partial charge in [-0.25, -0.2) is 9.97 Å². The first-order valence-corrected chi connectivity index (χ1v) is 32.0. The number of rotatable bonds is 35. The number of amides is 2. The van der Waals surface area contributed by atoms with Gasteiger partial charge in [0.05, 0.1) is 81.7 Å². The first kappa shape index (κ1) is 67.2. The third kappa shape index (κ3) is 20.4. The van der Waals surface area contributed by atoms with Crippen LogP contribution in [0.4, 0.5) is 28.9 Å². The highest BCUT2D eigenvalue weighted by Crippen LogP contribution is 2.32. The Hall–Kier alpha value is -8.70. The Kier molecular flexibility index (Phi) is 25.6. The second-order valence-electron chi connectivity index (χ2n) is 20.5. The molecule has 0 aliphatic carbocycles. The van der Waals surface area contributed by atoms with E-state index in [2.05, 4.69) is 20.6 Å². The van der Waals surface area contributed by atoms with Gasteiger partial charge in [-0.2, -0.15) is 17.6 Å². The summed E-state index contributed by atoms with van der Waals surface area (Å²) in [4.78, 5) is 36.0. The molecule has 2 amide bonds. The minimum absolute atomic E-state index is 0.0897. The molecule has 0 fully saturated rings. The standard InChI is InChI=1S/C68H72F4N6O10S2/c1-5-35-83-37-39-85-57-22-10-49(11-23-57)51-14-30-63(87-67(69)70)53(41-51)17-33-66(80)76-56-20-28-60(29-21-56)90(82)44-62-48(4)74-46-78(62)34-8-7-9-36-84-38-40-86-58-24-12-50(13-25-58)52-15-31-64(88-68(71)72)54(42-52)16-32-65(79)75-55-18-26-59(27-19-55)89(81)43-61-47(3)73-45-77(61)6-2/h10-33,41-42,45-46,67-68H,5-9,34-40,43-44H2,1-4H3,(H,75,79)(H,76,80)/b32-16+,33-17+/t89-,90+/m1/s1. The number of ether oxygens (including phenoxy) is 6. The summed E-state index contributed by atoms with van der Waals surface area (Å²) in [5.74, 6) is 0.629. The Morgan fingerprint density at radius 2 is 0.956 bits per heavy atom. The number of imidazole rings is 2. The van der Waals surface area contributed by atoms with Crippen molar-refractivity contribution in [2.75, 3.05) is 50.3 Å². The third-order valence-corrected chi connectivity index (χ3v) is 16.8.